The SMILES string of the molecule is c1ccc(-c2nc(-c3cccc4oc5ccccc5c34)nc(-n3c4ccccc4c4c5ccc6ccc7ccccc7c6c5ccc43)n2)cc1. The van der Waals surface area contributed by atoms with E-state index in [2.05, 4.69) is 102 Å². The van der Waals surface area contributed by atoms with Crippen molar-refractivity contribution in [3.63, 3.8) is 0 Å². The summed E-state index contributed by atoms with van der Waals surface area (Å²) < 4.78 is 8.47. The molecule has 0 aliphatic heterocycles. The van der Waals surface area contributed by atoms with Crippen molar-refractivity contribution in [2.75, 3.05) is 0 Å². The van der Waals surface area contributed by atoms with Crippen LogP contribution in [0.3, 0.4) is 0 Å². The van der Waals surface area contributed by atoms with Gasteiger partial charge in [0.25, 0.3) is 0 Å². The Morgan fingerprint density at radius 3 is 1.98 bits per heavy atom. The third kappa shape index (κ3) is 3.86. The second kappa shape index (κ2) is 10.3. The van der Waals surface area contributed by atoms with Gasteiger partial charge >= 0.3 is 0 Å². The molecule has 0 amide bonds. The van der Waals surface area contributed by atoms with E-state index in [0.29, 0.717) is 17.6 Å². The second-order valence-corrected chi connectivity index (χ2v) is 12.8. The first kappa shape index (κ1) is 27.1. The normalized spacial score (nSPS) is 12.0. The molecule has 3 heterocycles. The summed E-state index contributed by atoms with van der Waals surface area (Å²) in [5.41, 5.74) is 5.54. The molecular formula is C45H26N4O. The van der Waals surface area contributed by atoms with Crippen molar-refractivity contribution in [1.82, 2.24) is 19.5 Å². The van der Waals surface area contributed by atoms with Crippen LogP contribution in [0.5, 0.6) is 0 Å². The summed E-state index contributed by atoms with van der Waals surface area (Å²) in [7, 11) is 0. The second-order valence-electron chi connectivity index (χ2n) is 12.8. The highest BCUT2D eigenvalue weighted by atomic mass is 16.3. The Balaban J connectivity index is 1.25. The topological polar surface area (TPSA) is 56.7 Å². The average molecular weight is 639 g/mol. The van der Waals surface area contributed by atoms with Crippen LogP contribution < -0.4 is 0 Å². The lowest BCUT2D eigenvalue weighted by molar-refractivity contribution is 0.669. The summed E-state index contributed by atoms with van der Waals surface area (Å²) in [6.45, 7) is 0. The van der Waals surface area contributed by atoms with Gasteiger partial charge in [-0.1, -0.05) is 133 Å². The molecule has 0 bridgehead atoms. The predicted octanol–water partition coefficient (Wildman–Crippen LogP) is 11.7. The minimum Gasteiger partial charge on any atom is -0.456 e. The van der Waals surface area contributed by atoms with Crippen LogP contribution in [0.25, 0.3) is 105 Å². The molecule has 0 saturated carbocycles. The van der Waals surface area contributed by atoms with Crippen molar-refractivity contribution < 1.29 is 4.42 Å². The van der Waals surface area contributed by atoms with E-state index in [0.717, 1.165) is 49.5 Å². The maximum absolute atomic E-state index is 6.27. The fourth-order valence-electron chi connectivity index (χ4n) is 7.86. The number of nitrogens with zero attached hydrogens (tertiary/aromatic N) is 4. The fraction of sp³-hybridized carbons (Fsp3) is 0. The Morgan fingerprint density at radius 1 is 0.380 bits per heavy atom. The number of furan rings is 1. The molecule has 0 aliphatic carbocycles. The van der Waals surface area contributed by atoms with Gasteiger partial charge in [0.15, 0.2) is 11.6 Å². The lowest BCUT2D eigenvalue weighted by Gasteiger charge is -2.12. The van der Waals surface area contributed by atoms with Crippen LogP contribution in [-0.2, 0) is 0 Å². The number of benzene rings is 8. The van der Waals surface area contributed by atoms with Gasteiger partial charge in [-0.25, -0.2) is 4.98 Å². The van der Waals surface area contributed by atoms with Gasteiger partial charge < -0.3 is 4.42 Å². The molecule has 0 spiro atoms. The number of fused-ring (bicyclic) bond motifs is 12. The first-order chi connectivity index (χ1) is 24.8. The molecule has 0 N–H and O–H groups in total. The Morgan fingerprint density at radius 2 is 1.06 bits per heavy atom. The van der Waals surface area contributed by atoms with Crippen LogP contribution in [0.1, 0.15) is 0 Å². The van der Waals surface area contributed by atoms with E-state index in [4.69, 9.17) is 19.4 Å². The third-order valence-electron chi connectivity index (χ3n) is 10.0. The Bertz CT molecular complexity index is 3160. The summed E-state index contributed by atoms with van der Waals surface area (Å²) in [6.07, 6.45) is 0. The lowest BCUT2D eigenvalue weighted by Crippen LogP contribution is -2.06. The molecule has 0 atom stereocenters. The summed E-state index contributed by atoms with van der Waals surface area (Å²) in [4.78, 5) is 15.6. The number of hydrogen-bond donors (Lipinski definition) is 0. The predicted molar refractivity (Wildman–Crippen MR) is 205 cm³/mol. The molecule has 0 saturated heterocycles. The molecule has 0 unspecified atom stereocenters. The van der Waals surface area contributed by atoms with Crippen LogP contribution >= 0.6 is 0 Å². The minimum absolute atomic E-state index is 0.565. The van der Waals surface area contributed by atoms with Gasteiger partial charge in [-0.2, -0.15) is 9.97 Å². The monoisotopic (exact) mass is 638 g/mol. The van der Waals surface area contributed by atoms with Crippen LogP contribution in [0.15, 0.2) is 162 Å². The van der Waals surface area contributed by atoms with Gasteiger partial charge in [-0.3, -0.25) is 4.57 Å². The molecule has 232 valence electrons. The minimum atomic E-state index is 0.565. The van der Waals surface area contributed by atoms with Gasteiger partial charge in [-0.05, 0) is 56.6 Å². The summed E-state index contributed by atoms with van der Waals surface area (Å²) in [5.74, 6) is 1.77. The van der Waals surface area contributed by atoms with Gasteiger partial charge in [0.1, 0.15) is 11.2 Å². The van der Waals surface area contributed by atoms with Gasteiger partial charge in [0.2, 0.25) is 5.95 Å². The summed E-state index contributed by atoms with van der Waals surface area (Å²) >= 11 is 0. The first-order valence-electron chi connectivity index (χ1n) is 16.8. The molecule has 0 fully saturated rings. The molecule has 8 aromatic carbocycles. The maximum atomic E-state index is 6.27. The van der Waals surface area contributed by atoms with Crippen molar-refractivity contribution in [2.24, 2.45) is 0 Å². The number of para-hydroxylation sites is 2. The van der Waals surface area contributed by atoms with Gasteiger partial charge in [-0.15, -0.1) is 0 Å². The molecule has 5 nitrogen and oxygen atoms in total. The zero-order valence-electron chi connectivity index (χ0n) is 26.7. The van der Waals surface area contributed by atoms with E-state index in [9.17, 15) is 0 Å². The number of hydrogen-bond acceptors (Lipinski definition) is 4. The highest BCUT2D eigenvalue weighted by Crippen LogP contribution is 2.41. The molecule has 0 aliphatic rings. The molecule has 11 aromatic rings. The maximum Gasteiger partial charge on any atom is 0.238 e. The van der Waals surface area contributed by atoms with E-state index in [1.165, 1.54) is 37.7 Å². The third-order valence-corrected chi connectivity index (χ3v) is 10.0. The van der Waals surface area contributed by atoms with Crippen molar-refractivity contribution in [2.45, 2.75) is 0 Å². The summed E-state index contributed by atoms with van der Waals surface area (Å²) in [6, 6.07) is 55.0. The Hall–Kier alpha value is -6.85. The van der Waals surface area contributed by atoms with Crippen LogP contribution in [-0.4, -0.2) is 19.5 Å². The van der Waals surface area contributed by atoms with E-state index in [1.54, 1.807) is 0 Å². The highest BCUT2D eigenvalue weighted by molar-refractivity contribution is 6.29. The van der Waals surface area contributed by atoms with Crippen molar-refractivity contribution in [1.29, 1.82) is 0 Å². The van der Waals surface area contributed by atoms with Crippen LogP contribution in [0.4, 0.5) is 0 Å². The highest BCUT2D eigenvalue weighted by Gasteiger charge is 2.21. The molecule has 50 heavy (non-hydrogen) atoms. The Labute approximate surface area is 285 Å². The quantitative estimate of drug-likeness (QED) is 0.181. The molecule has 11 rings (SSSR count). The number of aromatic nitrogens is 4. The van der Waals surface area contributed by atoms with E-state index in [1.807, 2.05) is 60.7 Å². The van der Waals surface area contributed by atoms with Crippen molar-refractivity contribution >= 4 is 76.1 Å². The van der Waals surface area contributed by atoms with E-state index < -0.39 is 0 Å². The van der Waals surface area contributed by atoms with E-state index in [-0.39, 0.29) is 0 Å². The molecule has 3 aromatic heterocycles. The smallest absolute Gasteiger partial charge is 0.238 e. The molecule has 0 radical (unpaired) electrons. The Kier molecular flexibility index (Phi) is 5.60. The molecule has 5 heteroatoms. The fourth-order valence-corrected chi connectivity index (χ4v) is 7.86. The zero-order chi connectivity index (χ0) is 32.8. The first-order valence-corrected chi connectivity index (χ1v) is 16.8. The van der Waals surface area contributed by atoms with Crippen LogP contribution in [0.2, 0.25) is 0 Å². The van der Waals surface area contributed by atoms with Gasteiger partial charge in [0, 0.05) is 32.7 Å². The average Bonchev–Trinajstić information content (AvgIpc) is 3.74. The number of rotatable bonds is 3. The van der Waals surface area contributed by atoms with E-state index >= 15 is 0 Å². The molecular weight excluding hydrogens is 613 g/mol. The summed E-state index contributed by atoms with van der Waals surface area (Å²) in [5, 5.41) is 11.8. The standard InChI is InChI=1S/C45H26N4O/c1-2-12-29(13-3-1)43-46-44(35-17-10-20-39-42(35)34-16-7-9-19-38(34)50-39)48-45(47-43)49-36-18-8-6-15-33(36)41-32-24-23-28-22-21-27-11-4-5-14-30(27)40(28)31(32)25-26-37(41)49/h1-26H. The largest absolute Gasteiger partial charge is 0.456 e. The zero-order valence-corrected chi connectivity index (χ0v) is 26.7. The van der Waals surface area contributed by atoms with Crippen molar-refractivity contribution in [3.8, 4) is 28.7 Å². The van der Waals surface area contributed by atoms with Crippen LogP contribution in [0, 0.1) is 0 Å². The lowest BCUT2D eigenvalue weighted by atomic mass is 9.94. The van der Waals surface area contributed by atoms with Gasteiger partial charge in [0.05, 0.1) is 11.0 Å². The van der Waals surface area contributed by atoms with Crippen molar-refractivity contribution in [3.05, 3.63) is 158 Å².